The van der Waals surface area contributed by atoms with Crippen LogP contribution in [0.4, 0.5) is 0 Å². The van der Waals surface area contributed by atoms with Gasteiger partial charge in [0.05, 0.1) is 5.66 Å². The van der Waals surface area contributed by atoms with Crippen molar-refractivity contribution in [3.05, 3.63) is 0 Å². The lowest BCUT2D eigenvalue weighted by molar-refractivity contribution is 0.0302. The number of hydrogen-bond donors (Lipinski definition) is 1. The maximum atomic E-state index is 3.97. The Balaban J connectivity index is 2.25. The molecule has 2 saturated heterocycles. The molecule has 0 aromatic carbocycles. The molecule has 2 heteroatoms. The molecule has 0 aromatic rings. The highest BCUT2D eigenvalue weighted by Gasteiger charge is 2.48. The molecule has 1 N–H and O–H groups in total. The minimum Gasteiger partial charge on any atom is -0.295 e. The molecule has 3 unspecified atom stereocenters. The van der Waals surface area contributed by atoms with Gasteiger partial charge in [-0.15, -0.1) is 0 Å². The monoisotopic (exact) mass is 224 g/mol. The van der Waals surface area contributed by atoms with E-state index in [1.165, 1.54) is 38.6 Å². The van der Waals surface area contributed by atoms with Crippen LogP contribution >= 0.6 is 0 Å². The van der Waals surface area contributed by atoms with E-state index in [9.17, 15) is 0 Å². The van der Waals surface area contributed by atoms with E-state index in [0.29, 0.717) is 5.92 Å². The molecule has 0 radical (unpaired) electrons. The molecular formula is C14H28N2. The summed E-state index contributed by atoms with van der Waals surface area (Å²) in [6.07, 6.45) is 7.00. The predicted octanol–water partition coefficient (Wildman–Crippen LogP) is 2.84. The number of hydrogen-bond acceptors (Lipinski definition) is 2. The number of nitrogens with one attached hydrogen (secondary N) is 1. The van der Waals surface area contributed by atoms with Gasteiger partial charge in [0.1, 0.15) is 0 Å². The molecule has 3 atom stereocenters. The standard InChI is InChI=1S/C14H28N2/c1-11(2)14-12(3)8-6-5-7-9-13(15-14)10-16(14)4/h11-13,15H,5-10H2,1-4H3. The average molecular weight is 224 g/mol. The second-order valence-corrected chi connectivity index (χ2v) is 6.24. The lowest BCUT2D eigenvalue weighted by Gasteiger charge is -2.45. The van der Waals surface area contributed by atoms with Crippen molar-refractivity contribution in [3.8, 4) is 0 Å². The zero-order valence-electron chi connectivity index (χ0n) is 11.4. The Morgan fingerprint density at radius 3 is 2.56 bits per heavy atom. The smallest absolute Gasteiger partial charge is 0.0762 e. The van der Waals surface area contributed by atoms with E-state index in [-0.39, 0.29) is 5.66 Å². The Hall–Kier alpha value is -0.0800. The fraction of sp³-hybridized carbons (Fsp3) is 1.00. The number of likely N-dealkylation sites (N-methyl/N-ethyl adjacent to an activating group) is 1. The normalized spacial score (nSPS) is 41.8. The number of rotatable bonds is 1. The van der Waals surface area contributed by atoms with Crippen molar-refractivity contribution >= 4 is 0 Å². The first kappa shape index (κ1) is 12.4. The van der Waals surface area contributed by atoms with Crippen LogP contribution in [-0.4, -0.2) is 30.2 Å². The zero-order chi connectivity index (χ0) is 11.8. The fourth-order valence-electron chi connectivity index (χ4n) is 4.06. The molecule has 2 rings (SSSR count). The van der Waals surface area contributed by atoms with E-state index in [1.807, 2.05) is 0 Å². The quantitative estimate of drug-likeness (QED) is 0.737. The van der Waals surface area contributed by atoms with Crippen LogP contribution < -0.4 is 5.32 Å². The molecule has 2 heterocycles. The van der Waals surface area contributed by atoms with Crippen LogP contribution in [0, 0.1) is 11.8 Å². The third kappa shape index (κ3) is 1.91. The average Bonchev–Trinajstić information content (AvgIpc) is 2.58. The highest BCUT2D eigenvalue weighted by atomic mass is 15.4. The van der Waals surface area contributed by atoms with Gasteiger partial charge >= 0.3 is 0 Å². The molecular weight excluding hydrogens is 196 g/mol. The van der Waals surface area contributed by atoms with Crippen LogP contribution in [0.2, 0.25) is 0 Å². The van der Waals surface area contributed by atoms with Gasteiger partial charge < -0.3 is 0 Å². The van der Waals surface area contributed by atoms with E-state index in [0.717, 1.165) is 12.0 Å². The first-order valence-corrected chi connectivity index (χ1v) is 7.06. The van der Waals surface area contributed by atoms with E-state index >= 15 is 0 Å². The first-order chi connectivity index (χ1) is 7.57. The molecule has 0 saturated carbocycles. The van der Waals surface area contributed by atoms with Crippen LogP contribution in [-0.2, 0) is 0 Å². The van der Waals surface area contributed by atoms with Crippen molar-refractivity contribution in [2.45, 2.75) is 64.6 Å². The van der Waals surface area contributed by atoms with Gasteiger partial charge in [-0.05, 0) is 31.7 Å². The van der Waals surface area contributed by atoms with Gasteiger partial charge in [0.25, 0.3) is 0 Å². The summed E-state index contributed by atoms with van der Waals surface area (Å²) in [4.78, 5) is 2.60. The molecule has 2 aliphatic heterocycles. The van der Waals surface area contributed by atoms with Crippen molar-refractivity contribution < 1.29 is 0 Å². The molecule has 0 aliphatic carbocycles. The lowest BCUT2D eigenvalue weighted by atomic mass is 9.81. The Kier molecular flexibility index (Phi) is 3.60. The Morgan fingerprint density at radius 1 is 1.19 bits per heavy atom. The number of fused-ring (bicyclic) bond motifs is 2. The molecule has 2 nitrogen and oxygen atoms in total. The van der Waals surface area contributed by atoms with Gasteiger partial charge in [-0.2, -0.15) is 0 Å². The van der Waals surface area contributed by atoms with Crippen molar-refractivity contribution in [2.75, 3.05) is 13.6 Å². The minimum atomic E-state index is 0.259. The molecule has 2 fully saturated rings. The van der Waals surface area contributed by atoms with E-state index < -0.39 is 0 Å². The van der Waals surface area contributed by atoms with Crippen LogP contribution in [0.5, 0.6) is 0 Å². The van der Waals surface area contributed by atoms with Crippen LogP contribution in [0.25, 0.3) is 0 Å². The zero-order valence-corrected chi connectivity index (χ0v) is 11.4. The summed E-state index contributed by atoms with van der Waals surface area (Å²) in [5, 5.41) is 3.97. The van der Waals surface area contributed by atoms with Gasteiger partial charge in [-0.1, -0.05) is 40.0 Å². The SMILES string of the molecule is CC(C)C12NC(CCCCCC1C)CN2C. The summed E-state index contributed by atoms with van der Waals surface area (Å²) in [5.74, 6) is 1.45. The Labute approximate surface area is 101 Å². The maximum absolute atomic E-state index is 3.97. The van der Waals surface area contributed by atoms with Gasteiger partial charge in [0, 0.05) is 12.6 Å². The highest BCUT2D eigenvalue weighted by Crippen LogP contribution is 2.38. The summed E-state index contributed by atoms with van der Waals surface area (Å²) >= 11 is 0. The summed E-state index contributed by atoms with van der Waals surface area (Å²) in [7, 11) is 2.31. The van der Waals surface area contributed by atoms with Crippen LogP contribution in [0.3, 0.4) is 0 Å². The van der Waals surface area contributed by atoms with E-state index in [2.05, 4.69) is 38.0 Å². The van der Waals surface area contributed by atoms with Crippen molar-refractivity contribution in [2.24, 2.45) is 11.8 Å². The summed E-state index contributed by atoms with van der Waals surface area (Å²) in [6.45, 7) is 8.43. The highest BCUT2D eigenvalue weighted by molar-refractivity contribution is 5.02. The largest absolute Gasteiger partial charge is 0.295 e. The minimum absolute atomic E-state index is 0.259. The van der Waals surface area contributed by atoms with Crippen LogP contribution in [0.1, 0.15) is 52.9 Å². The summed E-state index contributed by atoms with van der Waals surface area (Å²) in [5.41, 5.74) is 0.259. The molecule has 0 spiro atoms. The molecule has 2 bridgehead atoms. The van der Waals surface area contributed by atoms with E-state index in [4.69, 9.17) is 0 Å². The second kappa shape index (κ2) is 4.66. The third-order valence-corrected chi connectivity index (χ3v) is 4.88. The molecule has 0 amide bonds. The Bertz CT molecular complexity index is 239. The molecule has 0 aromatic heterocycles. The van der Waals surface area contributed by atoms with Gasteiger partial charge in [-0.3, -0.25) is 10.2 Å². The van der Waals surface area contributed by atoms with Crippen molar-refractivity contribution in [3.63, 3.8) is 0 Å². The van der Waals surface area contributed by atoms with Crippen molar-refractivity contribution in [1.82, 2.24) is 10.2 Å². The third-order valence-electron chi connectivity index (χ3n) is 4.88. The maximum Gasteiger partial charge on any atom is 0.0762 e. The fourth-order valence-corrected chi connectivity index (χ4v) is 4.06. The van der Waals surface area contributed by atoms with Crippen LogP contribution in [0.15, 0.2) is 0 Å². The first-order valence-electron chi connectivity index (χ1n) is 7.06. The molecule has 94 valence electrons. The van der Waals surface area contributed by atoms with E-state index in [1.54, 1.807) is 0 Å². The van der Waals surface area contributed by atoms with Gasteiger partial charge in [0.2, 0.25) is 0 Å². The van der Waals surface area contributed by atoms with Gasteiger partial charge in [-0.25, -0.2) is 0 Å². The lowest BCUT2D eigenvalue weighted by Crippen LogP contribution is -2.59. The Morgan fingerprint density at radius 2 is 1.88 bits per heavy atom. The topological polar surface area (TPSA) is 15.3 Å². The predicted molar refractivity (Wildman–Crippen MR) is 69.4 cm³/mol. The number of nitrogens with zero attached hydrogens (tertiary/aromatic N) is 1. The van der Waals surface area contributed by atoms with Crippen molar-refractivity contribution in [1.29, 1.82) is 0 Å². The molecule has 2 aliphatic rings. The summed E-state index contributed by atoms with van der Waals surface area (Å²) < 4.78 is 0. The summed E-state index contributed by atoms with van der Waals surface area (Å²) in [6, 6.07) is 0.730. The second-order valence-electron chi connectivity index (χ2n) is 6.24. The molecule has 16 heavy (non-hydrogen) atoms. The van der Waals surface area contributed by atoms with Gasteiger partial charge in [0.15, 0.2) is 0 Å².